The van der Waals surface area contributed by atoms with Crippen molar-refractivity contribution in [1.29, 1.82) is 0 Å². The normalized spacial score (nSPS) is 10.4. The molecule has 0 radical (unpaired) electrons. The number of hydrogen-bond acceptors (Lipinski definition) is 4. The molecule has 0 atom stereocenters. The summed E-state index contributed by atoms with van der Waals surface area (Å²) in [6, 6.07) is 3.83. The highest BCUT2D eigenvalue weighted by Gasteiger charge is 1.99. The molecule has 2 aromatic heterocycles. The van der Waals surface area contributed by atoms with Crippen LogP contribution in [0, 0.1) is 0 Å². The van der Waals surface area contributed by atoms with Crippen LogP contribution < -0.4 is 10.1 Å². The quantitative estimate of drug-likeness (QED) is 0.831. The Labute approximate surface area is 113 Å². The molecule has 0 amide bonds. The van der Waals surface area contributed by atoms with Crippen LogP contribution in [0.25, 0.3) is 0 Å². The molecule has 0 aliphatic rings. The number of nitrogens with one attached hydrogen (secondary N) is 1. The largest absolute Gasteiger partial charge is 0.478 e. The van der Waals surface area contributed by atoms with Gasteiger partial charge in [-0.3, -0.25) is 4.68 Å². The van der Waals surface area contributed by atoms with Gasteiger partial charge in [-0.1, -0.05) is 6.92 Å². The van der Waals surface area contributed by atoms with Crippen LogP contribution in [0.3, 0.4) is 0 Å². The summed E-state index contributed by atoms with van der Waals surface area (Å²) >= 11 is 0. The third-order valence-electron chi connectivity index (χ3n) is 2.66. The van der Waals surface area contributed by atoms with Crippen LogP contribution in [-0.2, 0) is 13.1 Å². The van der Waals surface area contributed by atoms with Crippen molar-refractivity contribution in [2.24, 2.45) is 0 Å². The minimum Gasteiger partial charge on any atom is -0.478 e. The first-order chi connectivity index (χ1) is 9.31. The number of hydrogen-bond donors (Lipinski definition) is 1. The maximum Gasteiger partial charge on any atom is 0.213 e. The molecule has 102 valence electrons. The number of nitrogens with zero attached hydrogens (tertiary/aromatic N) is 3. The fourth-order valence-electron chi connectivity index (χ4n) is 1.77. The minimum absolute atomic E-state index is 0.635. The first kappa shape index (κ1) is 13.4. The van der Waals surface area contributed by atoms with Gasteiger partial charge in [0.25, 0.3) is 0 Å². The molecule has 2 rings (SSSR count). The second kappa shape index (κ2) is 6.78. The summed E-state index contributed by atoms with van der Waals surface area (Å²) in [6.07, 6.45) is 6.84. The molecule has 2 aromatic rings. The minimum atomic E-state index is 0.635. The zero-order valence-corrected chi connectivity index (χ0v) is 11.5. The average Bonchev–Trinajstić information content (AvgIpc) is 2.87. The van der Waals surface area contributed by atoms with E-state index >= 15 is 0 Å². The van der Waals surface area contributed by atoms with Gasteiger partial charge in [-0.15, -0.1) is 0 Å². The van der Waals surface area contributed by atoms with Crippen LogP contribution in [0.4, 0.5) is 5.69 Å². The summed E-state index contributed by atoms with van der Waals surface area (Å²) in [5.74, 6) is 0.656. The zero-order chi connectivity index (χ0) is 13.5. The molecular formula is C14H20N4O. The predicted molar refractivity (Wildman–Crippen MR) is 75.3 cm³/mol. The Bertz CT molecular complexity index is 492. The molecular weight excluding hydrogens is 240 g/mol. The summed E-state index contributed by atoms with van der Waals surface area (Å²) in [5, 5.41) is 7.61. The third kappa shape index (κ3) is 3.98. The molecule has 0 aliphatic heterocycles. The lowest BCUT2D eigenvalue weighted by Crippen LogP contribution is -2.00. The molecule has 1 N–H and O–H groups in total. The predicted octanol–water partition coefficient (Wildman–Crippen LogP) is 2.70. The molecule has 0 bridgehead atoms. The molecule has 19 heavy (non-hydrogen) atoms. The van der Waals surface area contributed by atoms with E-state index in [-0.39, 0.29) is 0 Å². The van der Waals surface area contributed by atoms with Gasteiger partial charge in [0.15, 0.2) is 0 Å². The maximum absolute atomic E-state index is 5.30. The first-order valence-corrected chi connectivity index (χ1v) is 6.66. The highest BCUT2D eigenvalue weighted by atomic mass is 16.5. The van der Waals surface area contributed by atoms with Crippen LogP contribution >= 0.6 is 0 Å². The van der Waals surface area contributed by atoms with Gasteiger partial charge in [0, 0.05) is 30.9 Å². The van der Waals surface area contributed by atoms with Crippen molar-refractivity contribution in [3.63, 3.8) is 0 Å². The van der Waals surface area contributed by atoms with Gasteiger partial charge >= 0.3 is 0 Å². The lowest BCUT2D eigenvalue weighted by molar-refractivity contribution is 0.327. The summed E-state index contributed by atoms with van der Waals surface area (Å²) in [4.78, 5) is 4.21. The Kier molecular flexibility index (Phi) is 4.78. The van der Waals surface area contributed by atoms with Crippen molar-refractivity contribution in [1.82, 2.24) is 14.8 Å². The zero-order valence-electron chi connectivity index (χ0n) is 11.5. The molecule has 0 unspecified atom stereocenters. The van der Waals surface area contributed by atoms with Gasteiger partial charge in [-0.05, 0) is 19.4 Å². The monoisotopic (exact) mass is 260 g/mol. The topological polar surface area (TPSA) is 52.0 Å². The lowest BCUT2D eigenvalue weighted by atomic mass is 10.3. The molecule has 0 aliphatic carbocycles. The fraction of sp³-hybridized carbons (Fsp3) is 0.429. The molecule has 0 saturated heterocycles. The van der Waals surface area contributed by atoms with Crippen molar-refractivity contribution in [2.45, 2.75) is 33.4 Å². The molecule has 5 nitrogen and oxygen atoms in total. The Morgan fingerprint density at radius 2 is 2.16 bits per heavy atom. The number of anilines is 1. The van der Waals surface area contributed by atoms with Crippen molar-refractivity contribution in [3.05, 3.63) is 36.3 Å². The Balaban J connectivity index is 1.86. The van der Waals surface area contributed by atoms with Gasteiger partial charge in [0.1, 0.15) is 0 Å². The van der Waals surface area contributed by atoms with E-state index in [1.165, 1.54) is 5.56 Å². The Hall–Kier alpha value is -2.04. The summed E-state index contributed by atoms with van der Waals surface area (Å²) < 4.78 is 7.27. The number of aryl methyl sites for hydroxylation is 1. The maximum atomic E-state index is 5.30. The molecule has 2 heterocycles. The third-order valence-corrected chi connectivity index (χ3v) is 2.66. The summed E-state index contributed by atoms with van der Waals surface area (Å²) in [6.45, 7) is 6.44. The molecule has 0 spiro atoms. The van der Waals surface area contributed by atoms with E-state index in [0.29, 0.717) is 12.5 Å². The van der Waals surface area contributed by atoms with E-state index in [9.17, 15) is 0 Å². The molecule has 5 heteroatoms. The fourth-order valence-corrected chi connectivity index (χ4v) is 1.77. The van der Waals surface area contributed by atoms with E-state index in [1.54, 1.807) is 6.20 Å². The van der Waals surface area contributed by atoms with Crippen molar-refractivity contribution >= 4 is 5.69 Å². The average molecular weight is 260 g/mol. The number of rotatable bonds is 7. The second-order valence-corrected chi connectivity index (χ2v) is 4.28. The van der Waals surface area contributed by atoms with Crippen molar-refractivity contribution in [3.8, 4) is 5.88 Å². The van der Waals surface area contributed by atoms with Gasteiger partial charge < -0.3 is 10.1 Å². The first-order valence-electron chi connectivity index (χ1n) is 6.66. The van der Waals surface area contributed by atoms with Crippen molar-refractivity contribution < 1.29 is 4.74 Å². The number of aromatic nitrogens is 3. The lowest BCUT2D eigenvalue weighted by Gasteiger charge is -2.06. The van der Waals surface area contributed by atoms with E-state index in [0.717, 1.165) is 25.2 Å². The van der Waals surface area contributed by atoms with Gasteiger partial charge in [0.05, 0.1) is 24.7 Å². The van der Waals surface area contributed by atoms with Gasteiger partial charge in [-0.25, -0.2) is 4.98 Å². The van der Waals surface area contributed by atoms with Crippen molar-refractivity contribution in [2.75, 3.05) is 11.9 Å². The van der Waals surface area contributed by atoms with E-state index < -0.39 is 0 Å². The van der Waals surface area contributed by atoms with E-state index in [2.05, 4.69) is 28.5 Å². The van der Waals surface area contributed by atoms with Gasteiger partial charge in [0.2, 0.25) is 5.88 Å². The van der Waals surface area contributed by atoms with Crippen LogP contribution in [-0.4, -0.2) is 21.4 Å². The summed E-state index contributed by atoms with van der Waals surface area (Å²) in [5.41, 5.74) is 2.15. The molecule has 0 fully saturated rings. The Morgan fingerprint density at radius 1 is 1.26 bits per heavy atom. The van der Waals surface area contributed by atoms with E-state index in [1.807, 2.05) is 29.9 Å². The second-order valence-electron chi connectivity index (χ2n) is 4.28. The Morgan fingerprint density at radius 3 is 2.84 bits per heavy atom. The highest BCUT2D eigenvalue weighted by molar-refractivity contribution is 5.42. The SMILES string of the molecule is CCCn1cc(CNc2ccc(OCC)nc2)cn1. The molecule has 0 aromatic carbocycles. The smallest absolute Gasteiger partial charge is 0.213 e. The van der Waals surface area contributed by atoms with E-state index in [4.69, 9.17) is 4.74 Å². The van der Waals surface area contributed by atoms with Crippen LogP contribution in [0.5, 0.6) is 5.88 Å². The number of ether oxygens (including phenoxy) is 1. The highest BCUT2D eigenvalue weighted by Crippen LogP contribution is 2.12. The molecule has 0 saturated carbocycles. The number of pyridine rings is 1. The summed E-state index contributed by atoms with van der Waals surface area (Å²) in [7, 11) is 0. The standard InChI is InChI=1S/C14H20N4O/c1-3-7-18-11-12(9-17-18)8-15-13-5-6-14(16-10-13)19-4-2/h5-6,9-11,15H,3-4,7-8H2,1-2H3. The van der Waals surface area contributed by atoms with Gasteiger partial charge in [-0.2, -0.15) is 5.10 Å². The van der Waals surface area contributed by atoms with Crippen LogP contribution in [0.1, 0.15) is 25.8 Å². The van der Waals surface area contributed by atoms with Crippen LogP contribution in [0.2, 0.25) is 0 Å². The van der Waals surface area contributed by atoms with Crippen LogP contribution in [0.15, 0.2) is 30.7 Å².